The molecule has 1 heterocycles. The third-order valence-corrected chi connectivity index (χ3v) is 2.92. The standard InChI is InChI=1S/C11H23N3O/c1-10(2)14-9-8-13(6-3-5-12)7-4-11(14)15/h10H,3-9,12H2,1-2H3. The molecule has 0 unspecified atom stereocenters. The Labute approximate surface area is 92.4 Å². The Hall–Kier alpha value is -0.610. The smallest absolute Gasteiger partial charge is 0.224 e. The van der Waals surface area contributed by atoms with Crippen LogP contribution in [0.15, 0.2) is 0 Å². The van der Waals surface area contributed by atoms with Crippen molar-refractivity contribution in [3.05, 3.63) is 0 Å². The molecule has 1 saturated heterocycles. The van der Waals surface area contributed by atoms with Crippen LogP contribution in [0.5, 0.6) is 0 Å². The highest BCUT2D eigenvalue weighted by molar-refractivity contribution is 5.76. The molecule has 1 aliphatic rings. The van der Waals surface area contributed by atoms with E-state index in [-0.39, 0.29) is 0 Å². The summed E-state index contributed by atoms with van der Waals surface area (Å²) in [6.45, 7) is 8.65. The van der Waals surface area contributed by atoms with E-state index in [9.17, 15) is 4.79 Å². The third-order valence-electron chi connectivity index (χ3n) is 2.92. The second-order valence-electron chi connectivity index (χ2n) is 4.41. The molecule has 0 saturated carbocycles. The van der Waals surface area contributed by atoms with Crippen LogP contribution in [-0.2, 0) is 4.79 Å². The largest absolute Gasteiger partial charge is 0.339 e. The minimum Gasteiger partial charge on any atom is -0.339 e. The lowest BCUT2D eigenvalue weighted by Crippen LogP contribution is -2.38. The highest BCUT2D eigenvalue weighted by atomic mass is 16.2. The van der Waals surface area contributed by atoms with Crippen molar-refractivity contribution >= 4 is 5.91 Å². The predicted molar refractivity (Wildman–Crippen MR) is 61.6 cm³/mol. The molecule has 4 nitrogen and oxygen atoms in total. The Bertz CT molecular complexity index is 206. The van der Waals surface area contributed by atoms with Gasteiger partial charge >= 0.3 is 0 Å². The van der Waals surface area contributed by atoms with Crippen LogP contribution in [0.3, 0.4) is 0 Å². The summed E-state index contributed by atoms with van der Waals surface area (Å²) in [5, 5.41) is 0. The normalized spacial score (nSPS) is 19.7. The van der Waals surface area contributed by atoms with Gasteiger partial charge in [-0.3, -0.25) is 4.79 Å². The van der Waals surface area contributed by atoms with Gasteiger partial charge in [0.25, 0.3) is 0 Å². The molecule has 0 atom stereocenters. The molecule has 1 fully saturated rings. The Morgan fingerprint density at radius 2 is 2.07 bits per heavy atom. The van der Waals surface area contributed by atoms with Gasteiger partial charge in [0, 0.05) is 32.1 Å². The van der Waals surface area contributed by atoms with Crippen molar-refractivity contribution in [1.29, 1.82) is 0 Å². The van der Waals surface area contributed by atoms with Crippen LogP contribution >= 0.6 is 0 Å². The second-order valence-corrected chi connectivity index (χ2v) is 4.41. The van der Waals surface area contributed by atoms with Crippen LogP contribution < -0.4 is 5.73 Å². The van der Waals surface area contributed by atoms with Gasteiger partial charge < -0.3 is 15.5 Å². The molecule has 1 aliphatic heterocycles. The highest BCUT2D eigenvalue weighted by Crippen LogP contribution is 2.08. The zero-order chi connectivity index (χ0) is 11.3. The highest BCUT2D eigenvalue weighted by Gasteiger charge is 2.21. The fourth-order valence-electron chi connectivity index (χ4n) is 1.97. The van der Waals surface area contributed by atoms with Crippen LogP contribution in [0.1, 0.15) is 26.7 Å². The average molecular weight is 213 g/mol. The first-order valence-electron chi connectivity index (χ1n) is 5.87. The van der Waals surface area contributed by atoms with Crippen molar-refractivity contribution < 1.29 is 4.79 Å². The van der Waals surface area contributed by atoms with Crippen LogP contribution in [0.25, 0.3) is 0 Å². The third kappa shape index (κ3) is 3.80. The van der Waals surface area contributed by atoms with Gasteiger partial charge in [-0.2, -0.15) is 0 Å². The first kappa shape index (κ1) is 12.5. The van der Waals surface area contributed by atoms with Crippen LogP contribution in [0.2, 0.25) is 0 Å². The van der Waals surface area contributed by atoms with E-state index in [2.05, 4.69) is 18.7 Å². The monoisotopic (exact) mass is 213 g/mol. The summed E-state index contributed by atoms with van der Waals surface area (Å²) < 4.78 is 0. The quantitative estimate of drug-likeness (QED) is 0.729. The zero-order valence-corrected chi connectivity index (χ0v) is 9.91. The predicted octanol–water partition coefficient (Wildman–Crippen LogP) is 0.278. The number of carbonyl (C=O) groups excluding carboxylic acids is 1. The average Bonchev–Trinajstić information content (AvgIpc) is 2.37. The molecule has 1 rings (SSSR count). The van der Waals surface area contributed by atoms with E-state index in [1.807, 2.05) is 4.90 Å². The topological polar surface area (TPSA) is 49.6 Å². The van der Waals surface area contributed by atoms with E-state index in [1.165, 1.54) is 0 Å². The molecule has 15 heavy (non-hydrogen) atoms. The fourth-order valence-corrected chi connectivity index (χ4v) is 1.97. The number of carbonyl (C=O) groups is 1. The fraction of sp³-hybridized carbons (Fsp3) is 0.909. The number of hydrogen-bond donors (Lipinski definition) is 1. The van der Waals surface area contributed by atoms with Crippen molar-refractivity contribution in [2.75, 3.05) is 32.7 Å². The lowest BCUT2D eigenvalue weighted by Gasteiger charge is -2.25. The molecule has 4 heteroatoms. The zero-order valence-electron chi connectivity index (χ0n) is 9.91. The van der Waals surface area contributed by atoms with Crippen molar-refractivity contribution in [2.45, 2.75) is 32.7 Å². The minimum atomic E-state index is 0.292. The SMILES string of the molecule is CC(C)N1CCN(CCCN)CCC1=O. The van der Waals surface area contributed by atoms with Gasteiger partial charge in [0.1, 0.15) is 0 Å². The molecular weight excluding hydrogens is 190 g/mol. The number of nitrogens with zero attached hydrogens (tertiary/aromatic N) is 2. The first-order valence-corrected chi connectivity index (χ1v) is 5.87. The van der Waals surface area contributed by atoms with Gasteiger partial charge in [-0.1, -0.05) is 0 Å². The summed E-state index contributed by atoms with van der Waals surface area (Å²) >= 11 is 0. The molecule has 0 radical (unpaired) electrons. The van der Waals surface area contributed by atoms with E-state index in [0.29, 0.717) is 18.4 Å². The molecule has 88 valence electrons. The Kier molecular flexibility index (Phi) is 5.05. The summed E-state index contributed by atoms with van der Waals surface area (Å²) in [5.74, 6) is 0.292. The Morgan fingerprint density at radius 1 is 1.33 bits per heavy atom. The molecule has 0 aromatic carbocycles. The van der Waals surface area contributed by atoms with Crippen molar-refractivity contribution in [2.24, 2.45) is 5.73 Å². The molecule has 1 amide bonds. The number of rotatable bonds is 4. The van der Waals surface area contributed by atoms with Gasteiger partial charge in [0.15, 0.2) is 0 Å². The summed E-state index contributed by atoms with van der Waals surface area (Å²) in [6.07, 6.45) is 1.68. The lowest BCUT2D eigenvalue weighted by molar-refractivity contribution is -0.131. The maximum Gasteiger partial charge on any atom is 0.224 e. The van der Waals surface area contributed by atoms with Crippen LogP contribution in [0.4, 0.5) is 0 Å². The number of amides is 1. The molecule has 0 aromatic heterocycles. The van der Waals surface area contributed by atoms with Gasteiger partial charge in [-0.05, 0) is 33.4 Å². The van der Waals surface area contributed by atoms with Crippen LogP contribution in [0, 0.1) is 0 Å². The molecule has 2 N–H and O–H groups in total. The van der Waals surface area contributed by atoms with Crippen molar-refractivity contribution in [3.8, 4) is 0 Å². The van der Waals surface area contributed by atoms with E-state index in [4.69, 9.17) is 5.73 Å². The summed E-state index contributed by atoms with van der Waals surface area (Å²) in [4.78, 5) is 16.1. The first-order chi connectivity index (χ1) is 7.15. The minimum absolute atomic E-state index is 0.292. The number of hydrogen-bond acceptors (Lipinski definition) is 3. The summed E-state index contributed by atoms with van der Waals surface area (Å²) in [5.41, 5.74) is 5.48. The molecular formula is C11H23N3O. The van der Waals surface area contributed by atoms with Gasteiger partial charge in [0.05, 0.1) is 0 Å². The van der Waals surface area contributed by atoms with E-state index in [0.717, 1.165) is 39.1 Å². The number of nitrogens with two attached hydrogens (primary N) is 1. The Morgan fingerprint density at radius 3 is 2.67 bits per heavy atom. The molecule has 0 spiro atoms. The van der Waals surface area contributed by atoms with E-state index in [1.54, 1.807) is 0 Å². The van der Waals surface area contributed by atoms with Crippen LogP contribution in [-0.4, -0.2) is 54.5 Å². The van der Waals surface area contributed by atoms with Crippen molar-refractivity contribution in [3.63, 3.8) is 0 Å². The summed E-state index contributed by atoms with van der Waals surface area (Å²) in [7, 11) is 0. The van der Waals surface area contributed by atoms with Gasteiger partial charge in [-0.15, -0.1) is 0 Å². The molecule has 0 bridgehead atoms. The second kappa shape index (κ2) is 6.08. The van der Waals surface area contributed by atoms with Gasteiger partial charge in [0.2, 0.25) is 5.91 Å². The van der Waals surface area contributed by atoms with E-state index < -0.39 is 0 Å². The van der Waals surface area contributed by atoms with E-state index >= 15 is 0 Å². The van der Waals surface area contributed by atoms with Crippen molar-refractivity contribution in [1.82, 2.24) is 9.80 Å². The molecule has 0 aliphatic carbocycles. The molecule has 0 aromatic rings. The lowest BCUT2D eigenvalue weighted by atomic mass is 10.3. The summed E-state index contributed by atoms with van der Waals surface area (Å²) in [6, 6.07) is 0.326. The maximum atomic E-state index is 11.7. The maximum absolute atomic E-state index is 11.7. The van der Waals surface area contributed by atoms with Gasteiger partial charge in [-0.25, -0.2) is 0 Å². The Balaban J connectivity index is 2.43.